The fraction of sp³-hybridized carbons (Fsp3) is 0.200. The Bertz CT molecular complexity index is 998. The number of anilines is 2. The molecule has 0 radical (unpaired) electrons. The van der Waals surface area contributed by atoms with Gasteiger partial charge in [-0.3, -0.25) is 14.9 Å². The van der Waals surface area contributed by atoms with Crippen LogP contribution in [0.5, 0.6) is 11.5 Å². The number of aromatic nitrogens is 3. The quantitative estimate of drug-likeness (QED) is 0.688. The molecule has 0 fully saturated rings. The van der Waals surface area contributed by atoms with Crippen molar-refractivity contribution in [3.05, 3.63) is 60.4 Å². The van der Waals surface area contributed by atoms with Crippen LogP contribution in [0.3, 0.4) is 0 Å². The van der Waals surface area contributed by atoms with E-state index in [9.17, 15) is 9.59 Å². The molecule has 0 saturated carbocycles. The minimum Gasteiger partial charge on any atom is -0.457 e. The maximum absolute atomic E-state index is 12.4. The molecule has 0 aliphatic carbocycles. The molecule has 1 aliphatic heterocycles. The molecule has 1 unspecified atom stereocenters. The van der Waals surface area contributed by atoms with Crippen molar-refractivity contribution >= 4 is 23.5 Å². The van der Waals surface area contributed by atoms with E-state index in [2.05, 4.69) is 20.7 Å². The molecule has 8 nitrogen and oxygen atoms in total. The average Bonchev–Trinajstić information content (AvgIpc) is 3.22. The number of amides is 2. The summed E-state index contributed by atoms with van der Waals surface area (Å²) in [5, 5.41) is 9.73. The van der Waals surface area contributed by atoms with Gasteiger partial charge in [-0.1, -0.05) is 25.1 Å². The number of para-hydroxylation sites is 1. The highest BCUT2D eigenvalue weighted by Gasteiger charge is 2.34. The van der Waals surface area contributed by atoms with Crippen molar-refractivity contribution < 1.29 is 14.3 Å². The fourth-order valence-corrected chi connectivity index (χ4v) is 2.92. The molecular weight excluding hydrogens is 358 g/mol. The van der Waals surface area contributed by atoms with Crippen LogP contribution in [-0.4, -0.2) is 26.6 Å². The Kier molecular flexibility index (Phi) is 4.76. The number of fused-ring (bicyclic) bond motifs is 1. The fourth-order valence-electron chi connectivity index (χ4n) is 2.92. The Hall–Kier alpha value is -3.68. The van der Waals surface area contributed by atoms with Gasteiger partial charge < -0.3 is 10.1 Å². The van der Waals surface area contributed by atoms with Crippen LogP contribution < -0.4 is 15.4 Å². The lowest BCUT2D eigenvalue weighted by atomic mass is 10.2. The largest absolute Gasteiger partial charge is 0.457 e. The molecule has 1 aliphatic rings. The summed E-state index contributed by atoms with van der Waals surface area (Å²) in [6.07, 6.45) is 0.639. The number of benzene rings is 2. The van der Waals surface area contributed by atoms with Gasteiger partial charge in [0.15, 0.2) is 5.82 Å². The van der Waals surface area contributed by atoms with Crippen molar-refractivity contribution in [2.75, 3.05) is 10.6 Å². The number of nitrogens with one attached hydrogen (secondary N) is 2. The highest BCUT2D eigenvalue weighted by molar-refractivity contribution is 6.00. The number of hydrogen-bond acceptors (Lipinski definition) is 5. The second-order valence-corrected chi connectivity index (χ2v) is 6.35. The second-order valence-electron chi connectivity index (χ2n) is 6.35. The first-order chi connectivity index (χ1) is 13.6. The molecule has 0 saturated heterocycles. The number of carbonyl (C=O) groups excluding carboxylic acids is 2. The second kappa shape index (κ2) is 7.51. The number of aryl methyl sites for hydroxylation is 1. The predicted molar refractivity (Wildman–Crippen MR) is 103 cm³/mol. The van der Waals surface area contributed by atoms with Crippen LogP contribution in [0.1, 0.15) is 25.2 Å². The van der Waals surface area contributed by atoms with Crippen molar-refractivity contribution in [2.45, 2.75) is 25.8 Å². The summed E-state index contributed by atoms with van der Waals surface area (Å²) < 4.78 is 7.21. The number of hydrogen-bond donors (Lipinski definition) is 2. The third kappa shape index (κ3) is 3.71. The Morgan fingerprint density at radius 1 is 1.14 bits per heavy atom. The Labute approximate surface area is 161 Å². The Morgan fingerprint density at radius 3 is 2.57 bits per heavy atom. The summed E-state index contributed by atoms with van der Waals surface area (Å²) in [6.45, 7) is 1.93. The van der Waals surface area contributed by atoms with Gasteiger partial charge in [0.05, 0.1) is 6.42 Å². The number of carbonyl (C=O) groups is 2. The molecule has 0 spiro atoms. The monoisotopic (exact) mass is 377 g/mol. The van der Waals surface area contributed by atoms with E-state index in [1.807, 2.05) is 37.3 Å². The summed E-state index contributed by atoms with van der Waals surface area (Å²) in [6, 6.07) is 15.8. The molecule has 1 aromatic heterocycles. The van der Waals surface area contributed by atoms with Crippen LogP contribution in [0, 0.1) is 0 Å². The van der Waals surface area contributed by atoms with Crippen LogP contribution in [-0.2, 0) is 16.0 Å². The van der Waals surface area contributed by atoms with Crippen LogP contribution in [0.25, 0.3) is 0 Å². The van der Waals surface area contributed by atoms with E-state index < -0.39 is 6.04 Å². The first-order valence-electron chi connectivity index (χ1n) is 9.01. The van der Waals surface area contributed by atoms with E-state index in [0.29, 0.717) is 29.6 Å². The van der Waals surface area contributed by atoms with Gasteiger partial charge in [-0.2, -0.15) is 10.1 Å². The molecule has 2 heterocycles. The number of ether oxygens (including phenoxy) is 1. The van der Waals surface area contributed by atoms with Gasteiger partial charge in [0.25, 0.3) is 5.91 Å². The van der Waals surface area contributed by atoms with Crippen LogP contribution in [0.2, 0.25) is 0 Å². The first kappa shape index (κ1) is 17.7. The van der Waals surface area contributed by atoms with E-state index >= 15 is 0 Å². The maximum Gasteiger partial charge on any atom is 0.252 e. The van der Waals surface area contributed by atoms with Crippen molar-refractivity contribution in [1.82, 2.24) is 14.8 Å². The van der Waals surface area contributed by atoms with Gasteiger partial charge in [0.2, 0.25) is 11.9 Å². The summed E-state index contributed by atoms with van der Waals surface area (Å²) in [4.78, 5) is 28.7. The molecule has 0 bridgehead atoms. The summed E-state index contributed by atoms with van der Waals surface area (Å²) in [5.74, 6) is 1.87. The molecule has 2 amide bonds. The average molecular weight is 377 g/mol. The zero-order chi connectivity index (χ0) is 19.5. The van der Waals surface area contributed by atoms with Gasteiger partial charge in [0, 0.05) is 12.1 Å². The molecular formula is C20H19N5O3. The van der Waals surface area contributed by atoms with Gasteiger partial charge >= 0.3 is 0 Å². The minimum absolute atomic E-state index is 0.0202. The van der Waals surface area contributed by atoms with E-state index in [-0.39, 0.29) is 18.2 Å². The lowest BCUT2D eigenvalue weighted by Crippen LogP contribution is -2.23. The van der Waals surface area contributed by atoms with Gasteiger partial charge in [-0.25, -0.2) is 4.68 Å². The Morgan fingerprint density at radius 2 is 1.86 bits per heavy atom. The molecule has 1 atom stereocenters. The van der Waals surface area contributed by atoms with Gasteiger partial charge in [-0.05, 0) is 36.4 Å². The first-order valence-corrected chi connectivity index (χ1v) is 9.01. The van der Waals surface area contributed by atoms with Crippen LogP contribution in [0.4, 0.5) is 11.6 Å². The van der Waals surface area contributed by atoms with E-state index in [1.54, 1.807) is 24.3 Å². The highest BCUT2D eigenvalue weighted by Crippen LogP contribution is 2.26. The SMILES string of the molecule is CCc1nc2n(n1)C(CC(=O)Nc1ccc(Oc3ccccc3)cc1)C(=O)N2. The van der Waals surface area contributed by atoms with Crippen LogP contribution in [0.15, 0.2) is 54.6 Å². The standard InChI is InChI=1S/C20H19N5O3/c1-2-17-22-20-23-19(27)16(25(20)24-17)12-18(26)21-13-8-10-15(11-9-13)28-14-6-4-3-5-7-14/h3-11,16H,2,12H2,1H3,(H,21,26)(H,22,23,24,27). The predicted octanol–water partition coefficient (Wildman–Crippen LogP) is 3.15. The van der Waals surface area contributed by atoms with E-state index in [4.69, 9.17) is 4.74 Å². The molecule has 142 valence electrons. The summed E-state index contributed by atoms with van der Waals surface area (Å²) in [5.41, 5.74) is 0.622. The molecule has 8 heteroatoms. The normalized spacial score (nSPS) is 15.0. The van der Waals surface area contributed by atoms with Gasteiger partial charge in [0.1, 0.15) is 17.5 Å². The molecule has 3 aromatic rings. The number of rotatable bonds is 6. The minimum atomic E-state index is -0.691. The third-order valence-electron chi connectivity index (χ3n) is 4.32. The van der Waals surface area contributed by atoms with Crippen molar-refractivity contribution in [3.63, 3.8) is 0 Å². The zero-order valence-corrected chi connectivity index (χ0v) is 15.3. The zero-order valence-electron chi connectivity index (χ0n) is 15.3. The highest BCUT2D eigenvalue weighted by atomic mass is 16.5. The molecule has 2 aromatic carbocycles. The lowest BCUT2D eigenvalue weighted by molar-refractivity contribution is -0.123. The lowest BCUT2D eigenvalue weighted by Gasteiger charge is -2.10. The molecule has 28 heavy (non-hydrogen) atoms. The maximum atomic E-state index is 12.4. The third-order valence-corrected chi connectivity index (χ3v) is 4.32. The smallest absolute Gasteiger partial charge is 0.252 e. The molecule has 2 N–H and O–H groups in total. The van der Waals surface area contributed by atoms with Gasteiger partial charge in [-0.15, -0.1) is 0 Å². The van der Waals surface area contributed by atoms with Crippen molar-refractivity contribution in [3.8, 4) is 11.5 Å². The van der Waals surface area contributed by atoms with Crippen LogP contribution >= 0.6 is 0 Å². The number of nitrogens with zero attached hydrogens (tertiary/aromatic N) is 3. The summed E-state index contributed by atoms with van der Waals surface area (Å²) in [7, 11) is 0. The Balaban J connectivity index is 1.38. The topological polar surface area (TPSA) is 98.1 Å². The van der Waals surface area contributed by atoms with E-state index in [1.165, 1.54) is 4.68 Å². The van der Waals surface area contributed by atoms with E-state index in [0.717, 1.165) is 5.75 Å². The van der Waals surface area contributed by atoms with Crippen molar-refractivity contribution in [1.29, 1.82) is 0 Å². The van der Waals surface area contributed by atoms with Crippen molar-refractivity contribution in [2.24, 2.45) is 0 Å². The summed E-state index contributed by atoms with van der Waals surface area (Å²) >= 11 is 0. The molecule has 4 rings (SSSR count).